The van der Waals surface area contributed by atoms with Crippen molar-refractivity contribution in [2.45, 2.75) is 6.92 Å². The largest absolute Gasteiger partial charge is 0.368 e. The Bertz CT molecular complexity index is 1170. The first-order chi connectivity index (χ1) is 16.4. The van der Waals surface area contributed by atoms with Gasteiger partial charge in [-0.05, 0) is 79.8 Å². The van der Waals surface area contributed by atoms with E-state index < -0.39 is 0 Å². The van der Waals surface area contributed by atoms with Gasteiger partial charge in [0.05, 0.1) is 0 Å². The van der Waals surface area contributed by atoms with Crippen LogP contribution in [0.5, 0.6) is 0 Å². The molecule has 0 radical (unpaired) electrons. The standard InChI is InChI=1S/C26H25ClN4O2S/c1-18-2-4-20(5-3-18)25(33)31-16-14-30(15-17-31)23-12-10-22(11-13-23)28-26(34)29-24(32)19-6-8-21(27)9-7-19/h2-13H,14-17H2,1H3,(H2,28,29,32,34). The number of nitrogens with zero attached hydrogens (tertiary/aromatic N) is 2. The van der Waals surface area contributed by atoms with Gasteiger partial charge in [0.2, 0.25) is 0 Å². The maximum Gasteiger partial charge on any atom is 0.257 e. The van der Waals surface area contributed by atoms with Gasteiger partial charge in [0.1, 0.15) is 0 Å². The monoisotopic (exact) mass is 492 g/mol. The second-order valence-electron chi connectivity index (χ2n) is 8.11. The molecule has 1 saturated heterocycles. The summed E-state index contributed by atoms with van der Waals surface area (Å²) in [7, 11) is 0. The number of hydrogen-bond donors (Lipinski definition) is 2. The van der Waals surface area contributed by atoms with Gasteiger partial charge in [-0.2, -0.15) is 0 Å². The molecular weight excluding hydrogens is 468 g/mol. The topological polar surface area (TPSA) is 64.7 Å². The van der Waals surface area contributed by atoms with E-state index in [-0.39, 0.29) is 16.9 Å². The summed E-state index contributed by atoms with van der Waals surface area (Å²) in [5.74, 6) is -0.225. The van der Waals surface area contributed by atoms with Gasteiger partial charge in [0.25, 0.3) is 11.8 Å². The molecule has 0 unspecified atom stereocenters. The number of carbonyl (C=O) groups excluding carboxylic acids is 2. The maximum absolute atomic E-state index is 12.7. The van der Waals surface area contributed by atoms with Crippen molar-refractivity contribution in [2.24, 2.45) is 0 Å². The van der Waals surface area contributed by atoms with Gasteiger partial charge in [-0.1, -0.05) is 29.3 Å². The number of benzene rings is 3. The number of carbonyl (C=O) groups is 2. The summed E-state index contributed by atoms with van der Waals surface area (Å²) in [4.78, 5) is 29.2. The fourth-order valence-electron chi connectivity index (χ4n) is 3.74. The lowest BCUT2D eigenvalue weighted by atomic mass is 10.1. The highest BCUT2D eigenvalue weighted by Crippen LogP contribution is 2.20. The third kappa shape index (κ3) is 5.92. The molecule has 1 aliphatic heterocycles. The highest BCUT2D eigenvalue weighted by Gasteiger charge is 2.22. The molecule has 174 valence electrons. The number of piperazine rings is 1. The number of aryl methyl sites for hydroxylation is 1. The Morgan fingerprint density at radius 2 is 1.41 bits per heavy atom. The molecule has 3 aromatic carbocycles. The van der Waals surface area contributed by atoms with Gasteiger partial charge in [-0.25, -0.2) is 0 Å². The van der Waals surface area contributed by atoms with Gasteiger partial charge in [-0.3, -0.25) is 14.9 Å². The summed E-state index contributed by atoms with van der Waals surface area (Å²) < 4.78 is 0. The van der Waals surface area contributed by atoms with Crippen LogP contribution in [-0.2, 0) is 0 Å². The second kappa shape index (κ2) is 10.7. The van der Waals surface area contributed by atoms with Crippen LogP contribution in [0, 0.1) is 6.92 Å². The van der Waals surface area contributed by atoms with Crippen molar-refractivity contribution >= 4 is 52.1 Å². The molecule has 8 heteroatoms. The van der Waals surface area contributed by atoms with Gasteiger partial charge < -0.3 is 15.1 Å². The normalized spacial score (nSPS) is 13.4. The van der Waals surface area contributed by atoms with Crippen LogP contribution < -0.4 is 15.5 Å². The first-order valence-electron chi connectivity index (χ1n) is 11.0. The molecule has 1 aliphatic rings. The van der Waals surface area contributed by atoms with Crippen molar-refractivity contribution in [3.63, 3.8) is 0 Å². The Hall–Kier alpha value is -3.42. The van der Waals surface area contributed by atoms with Crippen molar-refractivity contribution in [3.8, 4) is 0 Å². The Kier molecular flexibility index (Phi) is 7.45. The average Bonchev–Trinajstić information content (AvgIpc) is 2.85. The number of hydrogen-bond acceptors (Lipinski definition) is 4. The van der Waals surface area contributed by atoms with E-state index in [1.807, 2.05) is 60.4 Å². The van der Waals surface area contributed by atoms with Crippen molar-refractivity contribution in [3.05, 3.63) is 94.5 Å². The number of anilines is 2. The molecule has 6 nitrogen and oxygen atoms in total. The van der Waals surface area contributed by atoms with E-state index >= 15 is 0 Å². The smallest absolute Gasteiger partial charge is 0.257 e. The molecule has 1 heterocycles. The van der Waals surface area contributed by atoms with Gasteiger partial charge >= 0.3 is 0 Å². The summed E-state index contributed by atoms with van der Waals surface area (Å²) in [6.07, 6.45) is 0. The number of thiocarbonyl (C=S) groups is 1. The predicted octanol–water partition coefficient (Wildman–Crippen LogP) is 4.74. The van der Waals surface area contributed by atoms with E-state index in [0.29, 0.717) is 23.7 Å². The van der Waals surface area contributed by atoms with Crippen LogP contribution in [0.25, 0.3) is 0 Å². The van der Waals surface area contributed by atoms with Crippen LogP contribution in [0.4, 0.5) is 11.4 Å². The van der Waals surface area contributed by atoms with Gasteiger partial charge in [0, 0.05) is 53.7 Å². The number of halogens is 1. The Morgan fingerprint density at radius 1 is 0.824 bits per heavy atom. The molecule has 3 aromatic rings. The molecular formula is C26H25ClN4O2S. The molecule has 0 spiro atoms. The number of amides is 2. The Morgan fingerprint density at radius 3 is 2.03 bits per heavy atom. The van der Waals surface area contributed by atoms with Crippen LogP contribution in [0.1, 0.15) is 26.3 Å². The number of rotatable bonds is 4. The predicted molar refractivity (Wildman–Crippen MR) is 141 cm³/mol. The molecule has 2 amide bonds. The van der Waals surface area contributed by atoms with E-state index in [1.54, 1.807) is 24.3 Å². The summed E-state index contributed by atoms with van der Waals surface area (Å²) in [5, 5.41) is 6.48. The summed E-state index contributed by atoms with van der Waals surface area (Å²) in [6, 6.07) is 22.1. The average molecular weight is 493 g/mol. The lowest BCUT2D eigenvalue weighted by Crippen LogP contribution is -2.48. The Labute approximate surface area is 209 Å². The molecule has 2 N–H and O–H groups in total. The maximum atomic E-state index is 12.7. The molecule has 0 aromatic heterocycles. The zero-order valence-corrected chi connectivity index (χ0v) is 20.3. The molecule has 0 bridgehead atoms. The molecule has 0 aliphatic carbocycles. The van der Waals surface area contributed by atoms with Crippen LogP contribution in [0.15, 0.2) is 72.8 Å². The summed E-state index contributed by atoms with van der Waals surface area (Å²) in [6.45, 7) is 4.89. The third-order valence-electron chi connectivity index (χ3n) is 5.69. The van der Waals surface area contributed by atoms with Crippen LogP contribution in [0.3, 0.4) is 0 Å². The lowest BCUT2D eigenvalue weighted by molar-refractivity contribution is 0.0746. The minimum atomic E-state index is -0.302. The van der Waals surface area contributed by atoms with E-state index in [4.69, 9.17) is 23.8 Å². The number of nitrogens with one attached hydrogen (secondary N) is 2. The van der Waals surface area contributed by atoms with Crippen LogP contribution in [0.2, 0.25) is 5.02 Å². The molecule has 0 saturated carbocycles. The lowest BCUT2D eigenvalue weighted by Gasteiger charge is -2.36. The molecule has 34 heavy (non-hydrogen) atoms. The van der Waals surface area contributed by atoms with Crippen molar-refractivity contribution in [2.75, 3.05) is 36.4 Å². The SMILES string of the molecule is Cc1ccc(C(=O)N2CCN(c3ccc(NC(=S)NC(=O)c4ccc(Cl)cc4)cc3)CC2)cc1. The fourth-order valence-corrected chi connectivity index (χ4v) is 4.08. The second-order valence-corrected chi connectivity index (χ2v) is 8.95. The quantitative estimate of drug-likeness (QED) is 0.515. The molecule has 4 rings (SSSR count). The van der Waals surface area contributed by atoms with E-state index in [0.717, 1.165) is 35.6 Å². The van der Waals surface area contributed by atoms with E-state index in [2.05, 4.69) is 15.5 Å². The Balaban J connectivity index is 1.28. The molecule has 0 atom stereocenters. The van der Waals surface area contributed by atoms with Crippen LogP contribution >= 0.6 is 23.8 Å². The zero-order chi connectivity index (χ0) is 24.1. The molecule has 1 fully saturated rings. The summed E-state index contributed by atoms with van der Waals surface area (Å²) in [5.41, 5.74) is 4.20. The summed E-state index contributed by atoms with van der Waals surface area (Å²) >= 11 is 11.1. The zero-order valence-electron chi connectivity index (χ0n) is 18.8. The first-order valence-corrected chi connectivity index (χ1v) is 11.8. The van der Waals surface area contributed by atoms with Crippen LogP contribution in [-0.4, -0.2) is 48.0 Å². The van der Waals surface area contributed by atoms with Crippen molar-refractivity contribution in [1.29, 1.82) is 0 Å². The highest BCUT2D eigenvalue weighted by molar-refractivity contribution is 7.80. The van der Waals surface area contributed by atoms with E-state index in [1.165, 1.54) is 0 Å². The van der Waals surface area contributed by atoms with E-state index in [9.17, 15) is 9.59 Å². The minimum Gasteiger partial charge on any atom is -0.368 e. The first kappa shape index (κ1) is 23.7. The van der Waals surface area contributed by atoms with Crippen molar-refractivity contribution in [1.82, 2.24) is 10.2 Å². The van der Waals surface area contributed by atoms with Crippen molar-refractivity contribution < 1.29 is 9.59 Å². The third-order valence-corrected chi connectivity index (χ3v) is 6.15. The minimum absolute atomic E-state index is 0.0772. The van der Waals surface area contributed by atoms with Gasteiger partial charge in [0.15, 0.2) is 5.11 Å². The van der Waals surface area contributed by atoms with Gasteiger partial charge in [-0.15, -0.1) is 0 Å². The fraction of sp³-hybridized carbons (Fsp3) is 0.192. The highest BCUT2D eigenvalue weighted by atomic mass is 35.5.